The zero-order chi connectivity index (χ0) is 23.2. The van der Waals surface area contributed by atoms with E-state index in [0.29, 0.717) is 22.8 Å². The number of phosphoric ester groups is 1. The van der Waals surface area contributed by atoms with Gasteiger partial charge in [0.05, 0.1) is 39.8 Å². The zero-order valence-corrected chi connectivity index (χ0v) is 25.0. The Labute approximate surface area is 237 Å². The fourth-order valence-electron chi connectivity index (χ4n) is 2.66. The van der Waals surface area contributed by atoms with Crippen molar-refractivity contribution in [1.29, 1.82) is 0 Å². The summed E-state index contributed by atoms with van der Waals surface area (Å²) in [5.41, 5.74) is 0.636. The van der Waals surface area contributed by atoms with Crippen molar-refractivity contribution in [2.45, 2.75) is 5.75 Å². The Morgan fingerprint density at radius 3 is 1.85 bits per heavy atom. The summed E-state index contributed by atoms with van der Waals surface area (Å²) in [4.78, 5) is 18.1. The summed E-state index contributed by atoms with van der Waals surface area (Å²) in [6.07, 6.45) is 1.34. The van der Waals surface area contributed by atoms with Gasteiger partial charge in [-0.05, 0) is 23.8 Å². The van der Waals surface area contributed by atoms with Crippen LogP contribution in [0, 0.1) is 0 Å². The molecular formula is C19H23Na2O10PS. The van der Waals surface area contributed by atoms with Gasteiger partial charge in [0.25, 0.3) is 0 Å². The van der Waals surface area contributed by atoms with Gasteiger partial charge in [-0.25, -0.2) is 13.0 Å². The summed E-state index contributed by atoms with van der Waals surface area (Å²) in [6.45, 7) is 0. The van der Waals surface area contributed by atoms with Gasteiger partial charge in [-0.2, -0.15) is 0 Å². The number of ether oxygens (including phenoxy) is 4. The van der Waals surface area contributed by atoms with Crippen LogP contribution in [0.1, 0.15) is 11.1 Å². The van der Waals surface area contributed by atoms with Crippen molar-refractivity contribution in [3.63, 3.8) is 0 Å². The fraction of sp³-hybridized carbons (Fsp3) is 0.263. The van der Waals surface area contributed by atoms with Gasteiger partial charge in [-0.1, -0.05) is 6.07 Å². The first-order valence-electron chi connectivity index (χ1n) is 8.64. The first kappa shape index (κ1) is 32.3. The third-order valence-corrected chi connectivity index (χ3v) is 5.73. The molecule has 33 heavy (non-hydrogen) atoms. The number of benzene rings is 2. The Bertz CT molecular complexity index is 1090. The first-order chi connectivity index (χ1) is 14.5. The topological polar surface area (TPSA) is 138 Å². The Kier molecular flexibility index (Phi) is 13.7. The molecule has 0 spiro atoms. The van der Waals surface area contributed by atoms with Gasteiger partial charge in [0.15, 0.2) is 21.3 Å². The van der Waals surface area contributed by atoms with Crippen LogP contribution in [0.2, 0.25) is 0 Å². The van der Waals surface area contributed by atoms with Crippen LogP contribution >= 0.6 is 7.82 Å². The van der Waals surface area contributed by atoms with E-state index < -0.39 is 23.4 Å². The quantitative estimate of drug-likeness (QED) is 0.354. The van der Waals surface area contributed by atoms with Crippen LogP contribution in [0.5, 0.6) is 28.7 Å². The Morgan fingerprint density at radius 1 is 0.848 bits per heavy atom. The molecule has 2 N–H and O–H groups in total. The number of sulfone groups is 1. The van der Waals surface area contributed by atoms with Crippen molar-refractivity contribution in [3.8, 4) is 28.7 Å². The molecule has 0 unspecified atom stereocenters. The van der Waals surface area contributed by atoms with E-state index in [1.165, 1.54) is 52.7 Å². The minimum atomic E-state index is -4.86. The van der Waals surface area contributed by atoms with Crippen LogP contribution in [-0.4, -0.2) is 106 Å². The van der Waals surface area contributed by atoms with Gasteiger partial charge in [-0.3, -0.25) is 9.79 Å². The van der Waals surface area contributed by atoms with Crippen LogP contribution in [0.4, 0.5) is 0 Å². The Morgan fingerprint density at radius 2 is 1.39 bits per heavy atom. The average molecular weight is 520 g/mol. The predicted octanol–water partition coefficient (Wildman–Crippen LogP) is 2.02. The summed E-state index contributed by atoms with van der Waals surface area (Å²) in [5.74, 6) is 0.503. The van der Waals surface area contributed by atoms with Crippen LogP contribution in [-0.2, 0) is 20.2 Å². The number of methoxy groups -OCH3 is 4. The van der Waals surface area contributed by atoms with Gasteiger partial charge in [-0.15, -0.1) is 0 Å². The minimum Gasteiger partial charge on any atom is -0.496 e. The fourth-order valence-corrected chi connectivity index (χ4v) is 4.14. The van der Waals surface area contributed by atoms with Crippen LogP contribution in [0.3, 0.4) is 0 Å². The third kappa shape index (κ3) is 9.81. The van der Waals surface area contributed by atoms with Gasteiger partial charge < -0.3 is 23.5 Å². The zero-order valence-electron chi connectivity index (χ0n) is 19.3. The molecule has 2 rings (SSSR count). The number of hydrogen-bond donors (Lipinski definition) is 2. The van der Waals surface area contributed by atoms with E-state index in [9.17, 15) is 13.0 Å². The molecule has 0 fully saturated rings. The standard InChI is InChI=1S/C19H23O10PS.2Na/c1-25-14-10-17(27-3)15(18(11-14)28-4)7-8-31(23,24)12-13-5-6-16(26-2)19(9-13)29-30(20,21)22;;/h5-11H,12H2,1-4H3,(H2,20,21,22);;/b8-7+;;. The number of hydrogen-bond acceptors (Lipinski definition) is 8. The molecule has 172 valence electrons. The molecular weight excluding hydrogens is 497 g/mol. The van der Waals surface area contributed by atoms with E-state index in [4.69, 9.17) is 28.7 Å². The molecule has 0 heterocycles. The Balaban J connectivity index is 0.00000512. The van der Waals surface area contributed by atoms with E-state index in [1.54, 1.807) is 12.1 Å². The molecule has 2 radical (unpaired) electrons. The minimum absolute atomic E-state index is 0. The van der Waals surface area contributed by atoms with E-state index in [0.717, 1.165) is 5.41 Å². The average Bonchev–Trinajstić information content (AvgIpc) is 2.70. The summed E-state index contributed by atoms with van der Waals surface area (Å²) < 4.78 is 61.7. The largest absolute Gasteiger partial charge is 0.524 e. The molecule has 0 aromatic heterocycles. The SMILES string of the molecule is COc1cc(OC)c(/C=C/S(=O)(=O)Cc2ccc(OC)c(OP(=O)(O)O)c2)c(OC)c1.[Na].[Na]. The second kappa shape index (κ2) is 14.0. The van der Waals surface area contributed by atoms with E-state index >= 15 is 0 Å². The second-order valence-corrected chi connectivity index (χ2v) is 9.17. The smallest absolute Gasteiger partial charge is 0.496 e. The Hall–Kier alpha value is -0.720. The van der Waals surface area contributed by atoms with Crippen LogP contribution in [0.15, 0.2) is 35.7 Å². The summed E-state index contributed by atoms with van der Waals surface area (Å²) in [7, 11) is -3.02. The summed E-state index contributed by atoms with van der Waals surface area (Å²) in [6, 6.07) is 7.17. The maximum absolute atomic E-state index is 12.6. The van der Waals surface area contributed by atoms with E-state index in [-0.39, 0.29) is 76.2 Å². The number of phosphoric acid groups is 1. The molecule has 0 saturated carbocycles. The normalized spacial score (nSPS) is 11.2. The predicted molar refractivity (Wildman–Crippen MR) is 125 cm³/mol. The van der Waals surface area contributed by atoms with Crippen LogP contribution in [0.25, 0.3) is 6.08 Å². The van der Waals surface area contributed by atoms with Crippen molar-refractivity contribution < 1.29 is 46.2 Å². The third-order valence-electron chi connectivity index (χ3n) is 4.01. The molecule has 0 bridgehead atoms. The second-order valence-electron chi connectivity index (χ2n) is 6.12. The van der Waals surface area contributed by atoms with E-state index in [2.05, 4.69) is 4.52 Å². The maximum atomic E-state index is 12.6. The van der Waals surface area contributed by atoms with Crippen molar-refractivity contribution in [2.24, 2.45) is 0 Å². The summed E-state index contributed by atoms with van der Waals surface area (Å²) in [5, 5.41) is 0.994. The van der Waals surface area contributed by atoms with Gasteiger partial charge in [0.2, 0.25) is 0 Å². The van der Waals surface area contributed by atoms with Gasteiger partial charge in [0, 0.05) is 76.7 Å². The van der Waals surface area contributed by atoms with Crippen molar-refractivity contribution in [3.05, 3.63) is 46.9 Å². The molecule has 2 aromatic carbocycles. The van der Waals surface area contributed by atoms with Gasteiger partial charge in [0.1, 0.15) is 17.2 Å². The van der Waals surface area contributed by atoms with Gasteiger partial charge >= 0.3 is 7.82 Å². The molecule has 2 aromatic rings. The molecule has 0 aliphatic carbocycles. The molecule has 0 saturated heterocycles. The maximum Gasteiger partial charge on any atom is 0.524 e. The van der Waals surface area contributed by atoms with Crippen molar-refractivity contribution >= 4 is 82.9 Å². The molecule has 0 aliphatic heterocycles. The molecule has 0 aliphatic rings. The van der Waals surface area contributed by atoms with Crippen molar-refractivity contribution in [2.75, 3.05) is 28.4 Å². The van der Waals surface area contributed by atoms with Crippen LogP contribution < -0.4 is 23.5 Å². The van der Waals surface area contributed by atoms with Crippen molar-refractivity contribution in [1.82, 2.24) is 0 Å². The molecule has 0 atom stereocenters. The number of rotatable bonds is 10. The first-order valence-corrected chi connectivity index (χ1v) is 11.9. The molecule has 10 nitrogen and oxygen atoms in total. The van der Waals surface area contributed by atoms with E-state index in [1.807, 2.05) is 0 Å². The molecule has 14 heteroatoms. The summed E-state index contributed by atoms with van der Waals surface area (Å²) >= 11 is 0. The molecule has 0 amide bonds. The monoisotopic (exact) mass is 520 g/mol.